The van der Waals surface area contributed by atoms with Crippen LogP contribution in [-0.4, -0.2) is 47.9 Å². The summed E-state index contributed by atoms with van der Waals surface area (Å²) in [5, 5.41) is 2.94. The summed E-state index contributed by atoms with van der Waals surface area (Å²) in [7, 11) is 0. The van der Waals surface area contributed by atoms with Gasteiger partial charge >= 0.3 is 0 Å². The zero-order chi connectivity index (χ0) is 20.6. The van der Waals surface area contributed by atoms with Crippen molar-refractivity contribution >= 4 is 17.5 Å². The van der Waals surface area contributed by atoms with Crippen molar-refractivity contribution in [1.29, 1.82) is 0 Å². The maximum Gasteiger partial charge on any atom is 0.251 e. The van der Waals surface area contributed by atoms with Gasteiger partial charge in [0.05, 0.1) is 5.92 Å². The van der Waals surface area contributed by atoms with E-state index in [-0.39, 0.29) is 17.7 Å². The third-order valence-electron chi connectivity index (χ3n) is 5.50. The summed E-state index contributed by atoms with van der Waals surface area (Å²) in [6.07, 6.45) is 5.37. The van der Waals surface area contributed by atoms with E-state index in [9.17, 15) is 9.59 Å². The molecule has 0 bridgehead atoms. The Kier molecular flexibility index (Phi) is 7.22. The molecular weight excluding hydrogens is 364 g/mol. The van der Waals surface area contributed by atoms with Crippen molar-refractivity contribution in [2.75, 3.05) is 31.1 Å². The molecular formula is C23H30N4O2. The first-order valence-electron chi connectivity index (χ1n) is 10.4. The molecule has 6 nitrogen and oxygen atoms in total. The summed E-state index contributed by atoms with van der Waals surface area (Å²) in [4.78, 5) is 33.6. The Morgan fingerprint density at radius 2 is 2.03 bits per heavy atom. The lowest BCUT2D eigenvalue weighted by Crippen LogP contribution is -2.45. The Bertz CT molecular complexity index is 821. The van der Waals surface area contributed by atoms with E-state index in [2.05, 4.69) is 15.2 Å². The predicted octanol–water partition coefficient (Wildman–Crippen LogP) is 3.10. The van der Waals surface area contributed by atoms with Crippen molar-refractivity contribution in [1.82, 2.24) is 15.2 Å². The maximum atomic E-state index is 12.8. The number of aromatic nitrogens is 1. The van der Waals surface area contributed by atoms with Crippen LogP contribution in [0.25, 0.3) is 0 Å². The topological polar surface area (TPSA) is 65.5 Å². The number of anilines is 1. The SMILES string of the molecule is CCN(CC)C(=O)C1CCCN(c2cccc(C(=O)NCc3cccnc3)c2)C1. The van der Waals surface area contributed by atoms with Crippen molar-refractivity contribution in [3.63, 3.8) is 0 Å². The molecule has 6 heteroatoms. The second-order valence-electron chi connectivity index (χ2n) is 7.39. The van der Waals surface area contributed by atoms with Gasteiger partial charge in [0.25, 0.3) is 5.91 Å². The molecule has 2 aromatic rings. The largest absolute Gasteiger partial charge is 0.371 e. The van der Waals surface area contributed by atoms with Crippen LogP contribution >= 0.6 is 0 Å². The lowest BCUT2D eigenvalue weighted by atomic mass is 9.95. The quantitative estimate of drug-likeness (QED) is 0.784. The molecule has 0 saturated carbocycles. The van der Waals surface area contributed by atoms with Gasteiger partial charge in [-0.15, -0.1) is 0 Å². The highest BCUT2D eigenvalue weighted by Gasteiger charge is 2.28. The molecule has 1 aromatic heterocycles. The molecule has 154 valence electrons. The number of carbonyl (C=O) groups excluding carboxylic acids is 2. The van der Waals surface area contributed by atoms with Gasteiger partial charge in [-0.05, 0) is 56.5 Å². The van der Waals surface area contributed by atoms with Crippen LogP contribution in [0.4, 0.5) is 5.69 Å². The van der Waals surface area contributed by atoms with Crippen molar-refractivity contribution in [3.8, 4) is 0 Å². The van der Waals surface area contributed by atoms with Crippen LogP contribution in [0.5, 0.6) is 0 Å². The average Bonchev–Trinajstić information content (AvgIpc) is 2.79. The van der Waals surface area contributed by atoms with Crippen molar-refractivity contribution in [3.05, 3.63) is 59.9 Å². The molecule has 1 atom stereocenters. The Hall–Kier alpha value is -2.89. The fourth-order valence-corrected chi connectivity index (χ4v) is 3.84. The standard InChI is InChI=1S/C23H30N4O2/c1-3-26(4-2)23(29)20-10-7-13-27(17-20)21-11-5-9-19(14-21)22(28)25-16-18-8-6-12-24-15-18/h5-6,8-9,11-12,14-15,20H,3-4,7,10,13,16-17H2,1-2H3,(H,25,28). The van der Waals surface area contributed by atoms with E-state index in [0.717, 1.165) is 43.7 Å². The fraction of sp³-hybridized carbons (Fsp3) is 0.435. The molecule has 0 spiro atoms. The maximum absolute atomic E-state index is 12.8. The minimum Gasteiger partial charge on any atom is -0.371 e. The number of nitrogens with one attached hydrogen (secondary N) is 1. The second kappa shape index (κ2) is 10.0. The molecule has 29 heavy (non-hydrogen) atoms. The van der Waals surface area contributed by atoms with Crippen molar-refractivity contribution < 1.29 is 9.59 Å². The molecule has 1 aromatic carbocycles. The van der Waals surface area contributed by atoms with Gasteiger partial charge in [-0.3, -0.25) is 14.6 Å². The van der Waals surface area contributed by atoms with Crippen molar-refractivity contribution in [2.24, 2.45) is 5.92 Å². The molecule has 0 radical (unpaired) electrons. The fourth-order valence-electron chi connectivity index (χ4n) is 3.84. The number of benzene rings is 1. The summed E-state index contributed by atoms with van der Waals surface area (Å²) < 4.78 is 0. The third kappa shape index (κ3) is 5.34. The number of nitrogens with zero attached hydrogens (tertiary/aromatic N) is 3. The highest BCUT2D eigenvalue weighted by atomic mass is 16.2. The van der Waals surface area contributed by atoms with Gasteiger partial charge in [0.15, 0.2) is 0 Å². The molecule has 1 unspecified atom stereocenters. The number of rotatable bonds is 7. The molecule has 1 fully saturated rings. The van der Waals surface area contributed by atoms with E-state index >= 15 is 0 Å². The Labute approximate surface area is 172 Å². The van der Waals surface area contributed by atoms with E-state index in [1.807, 2.05) is 55.1 Å². The zero-order valence-corrected chi connectivity index (χ0v) is 17.3. The number of piperidine rings is 1. The summed E-state index contributed by atoms with van der Waals surface area (Å²) >= 11 is 0. The normalized spacial score (nSPS) is 16.3. The van der Waals surface area contributed by atoms with E-state index < -0.39 is 0 Å². The molecule has 2 heterocycles. The van der Waals surface area contributed by atoms with Crippen LogP contribution in [0.3, 0.4) is 0 Å². The number of amides is 2. The average molecular weight is 395 g/mol. The van der Waals surface area contributed by atoms with Crippen LogP contribution in [0, 0.1) is 5.92 Å². The van der Waals surface area contributed by atoms with E-state index in [1.54, 1.807) is 12.4 Å². The minimum atomic E-state index is -0.108. The van der Waals surface area contributed by atoms with E-state index in [0.29, 0.717) is 18.7 Å². The van der Waals surface area contributed by atoms with Gasteiger partial charge in [0.1, 0.15) is 0 Å². The van der Waals surface area contributed by atoms with Gasteiger partial charge in [0.2, 0.25) is 5.91 Å². The van der Waals surface area contributed by atoms with Crippen LogP contribution in [0.1, 0.15) is 42.6 Å². The Balaban J connectivity index is 1.65. The lowest BCUT2D eigenvalue weighted by Gasteiger charge is -2.36. The summed E-state index contributed by atoms with van der Waals surface area (Å²) in [5.74, 6) is 0.153. The number of hydrogen-bond acceptors (Lipinski definition) is 4. The Morgan fingerprint density at radius 1 is 1.21 bits per heavy atom. The summed E-state index contributed by atoms with van der Waals surface area (Å²) in [5.41, 5.74) is 2.59. The Morgan fingerprint density at radius 3 is 2.76 bits per heavy atom. The number of hydrogen-bond donors (Lipinski definition) is 1. The van der Waals surface area contributed by atoms with Gasteiger partial charge in [0, 0.05) is 56.4 Å². The highest BCUT2D eigenvalue weighted by Crippen LogP contribution is 2.25. The summed E-state index contributed by atoms with van der Waals surface area (Å²) in [6.45, 7) is 7.60. The van der Waals surface area contributed by atoms with E-state index in [4.69, 9.17) is 0 Å². The van der Waals surface area contributed by atoms with Crippen molar-refractivity contribution in [2.45, 2.75) is 33.2 Å². The minimum absolute atomic E-state index is 0.0201. The number of carbonyl (C=O) groups is 2. The lowest BCUT2D eigenvalue weighted by molar-refractivity contribution is -0.135. The summed E-state index contributed by atoms with van der Waals surface area (Å²) in [6, 6.07) is 11.5. The van der Waals surface area contributed by atoms with E-state index in [1.165, 1.54) is 0 Å². The monoisotopic (exact) mass is 394 g/mol. The van der Waals surface area contributed by atoms with Crippen LogP contribution in [0.2, 0.25) is 0 Å². The molecule has 1 saturated heterocycles. The van der Waals surface area contributed by atoms with Crippen LogP contribution in [0.15, 0.2) is 48.8 Å². The molecule has 1 N–H and O–H groups in total. The molecule has 0 aliphatic carbocycles. The molecule has 3 rings (SSSR count). The zero-order valence-electron chi connectivity index (χ0n) is 17.3. The predicted molar refractivity (Wildman–Crippen MR) is 115 cm³/mol. The first-order valence-corrected chi connectivity index (χ1v) is 10.4. The number of pyridine rings is 1. The first-order chi connectivity index (χ1) is 14.1. The molecule has 2 amide bonds. The molecule has 1 aliphatic rings. The van der Waals surface area contributed by atoms with Gasteiger partial charge in [-0.25, -0.2) is 0 Å². The first kappa shape index (κ1) is 20.8. The van der Waals surface area contributed by atoms with Gasteiger partial charge in [-0.2, -0.15) is 0 Å². The van der Waals surface area contributed by atoms with Gasteiger partial charge in [-0.1, -0.05) is 12.1 Å². The van der Waals surface area contributed by atoms with Gasteiger partial charge < -0.3 is 15.1 Å². The highest BCUT2D eigenvalue weighted by molar-refractivity contribution is 5.95. The van der Waals surface area contributed by atoms with Crippen LogP contribution < -0.4 is 10.2 Å². The smallest absolute Gasteiger partial charge is 0.251 e. The van der Waals surface area contributed by atoms with Crippen LogP contribution in [-0.2, 0) is 11.3 Å². The second-order valence-corrected chi connectivity index (χ2v) is 7.39. The molecule has 1 aliphatic heterocycles. The third-order valence-corrected chi connectivity index (χ3v) is 5.50.